The monoisotopic (exact) mass is 529 g/mol. The third-order valence-electron chi connectivity index (χ3n) is 5.92. The normalized spacial score (nSPS) is 12.3. The summed E-state index contributed by atoms with van der Waals surface area (Å²) in [5, 5.41) is 16.0. The number of fused-ring (bicyclic) bond motifs is 3. The van der Waals surface area contributed by atoms with Crippen molar-refractivity contribution in [3.05, 3.63) is 93.5 Å². The SMILES string of the molecule is O=C(CNC(=O)OCC1c2ccccc2-c2ccccc21)OCCNc1ccc(C(F)(F)F)cc1[N+](=O)[O-]. The van der Waals surface area contributed by atoms with Crippen LogP contribution < -0.4 is 10.6 Å². The van der Waals surface area contributed by atoms with Crippen LogP contribution >= 0.6 is 0 Å². The number of anilines is 1. The highest BCUT2D eigenvalue weighted by atomic mass is 19.4. The Bertz CT molecular complexity index is 1320. The van der Waals surface area contributed by atoms with Crippen molar-refractivity contribution in [2.24, 2.45) is 0 Å². The number of hydrogen-bond acceptors (Lipinski definition) is 7. The number of nitro groups is 1. The van der Waals surface area contributed by atoms with E-state index in [1.54, 1.807) is 0 Å². The molecule has 2 N–H and O–H groups in total. The number of nitrogens with zero attached hydrogens (tertiary/aromatic N) is 1. The zero-order valence-corrected chi connectivity index (χ0v) is 19.8. The first kappa shape index (κ1) is 26.5. The van der Waals surface area contributed by atoms with E-state index in [1.165, 1.54) is 0 Å². The molecule has 3 aromatic rings. The number of carbonyl (C=O) groups excluding carboxylic acids is 2. The second kappa shape index (κ2) is 11.2. The van der Waals surface area contributed by atoms with Gasteiger partial charge in [0.1, 0.15) is 25.4 Å². The number of nitro benzene ring substituents is 1. The van der Waals surface area contributed by atoms with Gasteiger partial charge < -0.3 is 20.1 Å². The number of nitrogens with one attached hydrogen (secondary N) is 2. The Kier molecular flexibility index (Phi) is 7.79. The molecule has 0 spiro atoms. The fraction of sp³-hybridized carbons (Fsp3) is 0.231. The first-order valence-electron chi connectivity index (χ1n) is 11.5. The van der Waals surface area contributed by atoms with Gasteiger partial charge in [-0.25, -0.2) is 4.79 Å². The van der Waals surface area contributed by atoms with E-state index in [4.69, 9.17) is 9.47 Å². The van der Waals surface area contributed by atoms with E-state index in [-0.39, 0.29) is 31.4 Å². The van der Waals surface area contributed by atoms with Gasteiger partial charge in [0.15, 0.2) is 0 Å². The Hall–Kier alpha value is -4.61. The minimum atomic E-state index is -4.72. The van der Waals surface area contributed by atoms with Crippen LogP contribution in [0.25, 0.3) is 11.1 Å². The Morgan fingerprint density at radius 3 is 2.18 bits per heavy atom. The minimum absolute atomic E-state index is 0.0741. The molecule has 1 aliphatic rings. The Morgan fingerprint density at radius 2 is 1.58 bits per heavy atom. The van der Waals surface area contributed by atoms with Crippen molar-refractivity contribution >= 4 is 23.4 Å². The van der Waals surface area contributed by atoms with Crippen LogP contribution in [0.15, 0.2) is 66.7 Å². The summed E-state index contributed by atoms with van der Waals surface area (Å²) in [6.45, 7) is -0.756. The molecule has 3 aromatic carbocycles. The molecule has 0 saturated carbocycles. The lowest BCUT2D eigenvalue weighted by Gasteiger charge is -2.14. The molecule has 9 nitrogen and oxygen atoms in total. The van der Waals surface area contributed by atoms with Crippen molar-refractivity contribution in [3.63, 3.8) is 0 Å². The molecule has 0 radical (unpaired) electrons. The van der Waals surface area contributed by atoms with Crippen molar-refractivity contribution in [1.82, 2.24) is 5.32 Å². The summed E-state index contributed by atoms with van der Waals surface area (Å²) >= 11 is 0. The number of halogens is 3. The fourth-order valence-electron chi connectivity index (χ4n) is 4.20. The Morgan fingerprint density at radius 1 is 0.947 bits per heavy atom. The topological polar surface area (TPSA) is 120 Å². The Labute approximate surface area is 214 Å². The van der Waals surface area contributed by atoms with Gasteiger partial charge in [0.25, 0.3) is 5.69 Å². The van der Waals surface area contributed by atoms with Gasteiger partial charge in [0.05, 0.1) is 10.5 Å². The summed E-state index contributed by atoms with van der Waals surface area (Å²) < 4.78 is 48.7. The second-order valence-electron chi connectivity index (χ2n) is 8.31. The molecule has 38 heavy (non-hydrogen) atoms. The number of benzene rings is 3. The predicted octanol–water partition coefficient (Wildman–Crippen LogP) is 5.11. The van der Waals surface area contributed by atoms with Gasteiger partial charge in [-0.3, -0.25) is 14.9 Å². The average Bonchev–Trinajstić information content (AvgIpc) is 3.21. The maximum atomic E-state index is 12.8. The number of esters is 1. The molecule has 1 amide bonds. The zero-order chi connectivity index (χ0) is 27.3. The first-order valence-corrected chi connectivity index (χ1v) is 11.5. The van der Waals surface area contributed by atoms with Crippen LogP contribution in [-0.4, -0.2) is 43.3 Å². The zero-order valence-electron chi connectivity index (χ0n) is 19.8. The molecule has 1 aliphatic carbocycles. The van der Waals surface area contributed by atoms with E-state index in [0.29, 0.717) is 12.1 Å². The third kappa shape index (κ3) is 6.02. The standard InChI is InChI=1S/C26H22F3N3O6/c27-26(28,29)16-9-10-22(23(13-16)32(35)36)30-11-12-37-24(33)14-31-25(34)38-15-21-19-7-3-1-5-17(19)18-6-2-4-8-20(18)21/h1-10,13,21,30H,11-12,14-15H2,(H,31,34). The molecule has 12 heteroatoms. The lowest BCUT2D eigenvalue weighted by molar-refractivity contribution is -0.384. The lowest BCUT2D eigenvalue weighted by Crippen LogP contribution is -2.32. The fourth-order valence-corrected chi connectivity index (χ4v) is 4.20. The summed E-state index contributed by atoms with van der Waals surface area (Å²) in [5.41, 5.74) is 2.18. The predicted molar refractivity (Wildman–Crippen MR) is 131 cm³/mol. The number of alkyl halides is 3. The summed E-state index contributed by atoms with van der Waals surface area (Å²) in [4.78, 5) is 34.2. The van der Waals surface area contributed by atoms with Crippen molar-refractivity contribution in [3.8, 4) is 11.1 Å². The van der Waals surface area contributed by atoms with Gasteiger partial charge in [0, 0.05) is 18.5 Å². The van der Waals surface area contributed by atoms with E-state index in [0.717, 1.165) is 28.3 Å². The van der Waals surface area contributed by atoms with Crippen LogP contribution in [-0.2, 0) is 20.4 Å². The van der Waals surface area contributed by atoms with Gasteiger partial charge in [-0.15, -0.1) is 0 Å². The number of amides is 1. The van der Waals surface area contributed by atoms with Crippen molar-refractivity contribution in [1.29, 1.82) is 0 Å². The molecule has 0 bridgehead atoms. The summed E-state index contributed by atoms with van der Waals surface area (Å²) in [6.07, 6.45) is -5.53. The number of hydrogen-bond donors (Lipinski definition) is 2. The molecule has 0 atom stereocenters. The first-order chi connectivity index (χ1) is 18.1. The molecule has 0 fully saturated rings. The van der Waals surface area contributed by atoms with Gasteiger partial charge in [0.2, 0.25) is 0 Å². The molecule has 0 aliphatic heterocycles. The Balaban J connectivity index is 1.20. The molecule has 0 saturated heterocycles. The molecular formula is C26H22F3N3O6. The van der Waals surface area contributed by atoms with E-state index in [9.17, 15) is 32.9 Å². The number of carbonyl (C=O) groups is 2. The van der Waals surface area contributed by atoms with Gasteiger partial charge in [-0.1, -0.05) is 48.5 Å². The van der Waals surface area contributed by atoms with E-state index in [1.807, 2.05) is 48.5 Å². The number of rotatable bonds is 9. The van der Waals surface area contributed by atoms with Gasteiger partial charge in [-0.05, 0) is 34.4 Å². The highest BCUT2D eigenvalue weighted by Crippen LogP contribution is 2.44. The van der Waals surface area contributed by atoms with Crippen LogP contribution in [0.1, 0.15) is 22.6 Å². The number of ether oxygens (including phenoxy) is 2. The van der Waals surface area contributed by atoms with Crippen LogP contribution in [0, 0.1) is 10.1 Å². The molecule has 0 unspecified atom stereocenters. The van der Waals surface area contributed by atoms with E-state index < -0.39 is 41.0 Å². The third-order valence-corrected chi connectivity index (χ3v) is 5.92. The highest BCUT2D eigenvalue weighted by Gasteiger charge is 2.33. The van der Waals surface area contributed by atoms with Crippen LogP contribution in [0.5, 0.6) is 0 Å². The lowest BCUT2D eigenvalue weighted by atomic mass is 9.98. The van der Waals surface area contributed by atoms with Crippen LogP contribution in [0.2, 0.25) is 0 Å². The maximum absolute atomic E-state index is 12.8. The van der Waals surface area contributed by atoms with Crippen molar-refractivity contribution < 1.29 is 37.2 Å². The van der Waals surface area contributed by atoms with Gasteiger partial charge in [-0.2, -0.15) is 13.2 Å². The molecule has 0 aromatic heterocycles. The van der Waals surface area contributed by atoms with E-state index in [2.05, 4.69) is 10.6 Å². The van der Waals surface area contributed by atoms with Crippen LogP contribution in [0.4, 0.5) is 29.3 Å². The summed E-state index contributed by atoms with van der Waals surface area (Å²) in [6, 6.07) is 17.8. The average molecular weight is 529 g/mol. The summed E-state index contributed by atoms with van der Waals surface area (Å²) in [5.74, 6) is -0.928. The quantitative estimate of drug-likeness (QED) is 0.171. The van der Waals surface area contributed by atoms with Crippen molar-refractivity contribution in [2.75, 3.05) is 31.6 Å². The summed E-state index contributed by atoms with van der Waals surface area (Å²) in [7, 11) is 0. The van der Waals surface area contributed by atoms with Gasteiger partial charge >= 0.3 is 18.2 Å². The van der Waals surface area contributed by atoms with Crippen LogP contribution in [0.3, 0.4) is 0 Å². The molecular weight excluding hydrogens is 507 g/mol. The molecule has 4 rings (SSSR count). The second-order valence-corrected chi connectivity index (χ2v) is 8.31. The minimum Gasteiger partial charge on any atom is -0.463 e. The van der Waals surface area contributed by atoms with E-state index >= 15 is 0 Å². The largest absolute Gasteiger partial charge is 0.463 e. The smallest absolute Gasteiger partial charge is 0.416 e. The molecule has 0 heterocycles. The molecule has 198 valence electrons. The maximum Gasteiger partial charge on any atom is 0.416 e. The van der Waals surface area contributed by atoms with Crippen molar-refractivity contribution in [2.45, 2.75) is 12.1 Å². The number of alkyl carbamates (subject to hydrolysis) is 1. The highest BCUT2D eigenvalue weighted by molar-refractivity contribution is 5.80.